The third-order valence-electron chi connectivity index (χ3n) is 6.90. The predicted octanol–water partition coefficient (Wildman–Crippen LogP) is 14.1. The highest BCUT2D eigenvalue weighted by atomic mass is 14.4. The first-order valence-electron chi connectivity index (χ1n) is 16.1. The molecule has 1 atom stereocenters. The van der Waals surface area contributed by atoms with Gasteiger partial charge in [-0.15, -0.1) is 0 Å². The van der Waals surface area contributed by atoms with Gasteiger partial charge in [-0.2, -0.15) is 0 Å². The van der Waals surface area contributed by atoms with Crippen LogP contribution in [0.25, 0.3) is 0 Å². The van der Waals surface area contributed by atoms with Gasteiger partial charge in [0.25, 0.3) is 0 Å². The van der Waals surface area contributed by atoms with Crippen LogP contribution < -0.4 is 0 Å². The van der Waals surface area contributed by atoms with Crippen LogP contribution in [0.5, 0.6) is 0 Å². The number of rotatable bonds is 4. The van der Waals surface area contributed by atoms with Gasteiger partial charge < -0.3 is 0 Å². The zero-order chi connectivity index (χ0) is 32.6. The Kier molecular flexibility index (Phi) is 17.2. The van der Waals surface area contributed by atoms with Crippen molar-refractivity contribution in [1.82, 2.24) is 0 Å². The summed E-state index contributed by atoms with van der Waals surface area (Å²) in [6.45, 7) is 55.3. The highest BCUT2D eigenvalue weighted by molar-refractivity contribution is 5.17. The average molecular weight is 549 g/mol. The quantitative estimate of drug-likeness (QED) is 0.306. The van der Waals surface area contributed by atoms with Crippen molar-refractivity contribution in [3.05, 3.63) is 23.3 Å². The summed E-state index contributed by atoms with van der Waals surface area (Å²) >= 11 is 0. The molecule has 39 heavy (non-hydrogen) atoms. The second kappa shape index (κ2) is 15.6. The summed E-state index contributed by atoms with van der Waals surface area (Å²) in [5, 5.41) is 0. The third kappa shape index (κ3) is 23.8. The van der Waals surface area contributed by atoms with E-state index in [0.29, 0.717) is 44.3 Å². The molecule has 0 aliphatic heterocycles. The topological polar surface area (TPSA) is 0 Å². The molecule has 0 spiro atoms. The molecule has 0 nitrogen and oxygen atoms in total. The van der Waals surface area contributed by atoms with Gasteiger partial charge in [0.05, 0.1) is 0 Å². The monoisotopic (exact) mass is 549 g/mol. The second-order valence-corrected chi connectivity index (χ2v) is 19.7. The molecular weight excluding hydrogens is 468 g/mol. The summed E-state index contributed by atoms with van der Waals surface area (Å²) < 4.78 is 0. The number of hydrogen-bond donors (Lipinski definition) is 0. The fourth-order valence-electron chi connectivity index (χ4n) is 5.63. The van der Waals surface area contributed by atoms with E-state index in [-0.39, 0.29) is 0 Å². The summed E-state index contributed by atoms with van der Waals surface area (Å²) in [6.07, 6.45) is 6.18. The highest BCUT2D eigenvalue weighted by Gasteiger charge is 2.31. The standard InChI is InChI=1S/C13H28.2C13H26/c3*1-10(2)11(13(6,7)8)9-12(3,4)5/h10-11H,9H2,1-8H3;2*9-10H,1-8H3/b;2*11-9+. The van der Waals surface area contributed by atoms with E-state index in [1.54, 1.807) is 11.1 Å². The van der Waals surface area contributed by atoms with Crippen molar-refractivity contribution in [3.63, 3.8) is 0 Å². The lowest BCUT2D eigenvalue weighted by atomic mass is 9.67. The molecule has 0 bridgehead atoms. The first-order chi connectivity index (χ1) is 16.6. The normalized spacial score (nSPS) is 15.7. The van der Waals surface area contributed by atoms with Gasteiger partial charge in [0.1, 0.15) is 0 Å². The van der Waals surface area contributed by atoms with Crippen LogP contribution in [0, 0.1) is 56.2 Å². The van der Waals surface area contributed by atoms with Crippen molar-refractivity contribution in [2.24, 2.45) is 56.2 Å². The fourth-order valence-corrected chi connectivity index (χ4v) is 5.63. The molecule has 0 radical (unpaired) electrons. The van der Waals surface area contributed by atoms with Crippen molar-refractivity contribution in [3.8, 4) is 0 Å². The van der Waals surface area contributed by atoms with E-state index in [4.69, 9.17) is 0 Å². The van der Waals surface area contributed by atoms with Gasteiger partial charge in [0.2, 0.25) is 0 Å². The zero-order valence-electron chi connectivity index (χ0n) is 32.2. The van der Waals surface area contributed by atoms with Crippen molar-refractivity contribution >= 4 is 0 Å². The van der Waals surface area contributed by atoms with Gasteiger partial charge in [0, 0.05) is 0 Å². The SMILES string of the molecule is CC(C)/C(=C\C(C)(C)C)C(C)(C)C.CC(C)/C(=C\C(C)(C)C)C(C)(C)C.CC(C)C(CC(C)(C)C)C(C)(C)C. The number of allylic oxidation sites excluding steroid dienone is 4. The summed E-state index contributed by atoms with van der Waals surface area (Å²) in [6, 6.07) is 0. The summed E-state index contributed by atoms with van der Waals surface area (Å²) in [7, 11) is 0. The van der Waals surface area contributed by atoms with E-state index in [9.17, 15) is 0 Å². The van der Waals surface area contributed by atoms with E-state index in [1.807, 2.05) is 0 Å². The Morgan fingerprint density at radius 1 is 0.462 bits per heavy atom. The van der Waals surface area contributed by atoms with E-state index >= 15 is 0 Å². The Morgan fingerprint density at radius 3 is 0.769 bits per heavy atom. The van der Waals surface area contributed by atoms with Gasteiger partial charge in [-0.05, 0) is 62.6 Å². The second-order valence-electron chi connectivity index (χ2n) is 19.7. The minimum Gasteiger partial charge on any atom is -0.0791 e. The van der Waals surface area contributed by atoms with Gasteiger partial charge in [0.15, 0.2) is 0 Å². The molecule has 0 aliphatic carbocycles. The first kappa shape index (κ1) is 42.9. The Balaban J connectivity index is -0.000000498. The third-order valence-corrected chi connectivity index (χ3v) is 6.90. The average Bonchev–Trinajstić information content (AvgIpc) is 2.58. The molecule has 0 amide bonds. The lowest BCUT2D eigenvalue weighted by Gasteiger charge is -2.38. The molecule has 0 saturated carbocycles. The molecule has 0 rings (SSSR count). The smallest absolute Gasteiger partial charge is 0.0170 e. The van der Waals surface area contributed by atoms with Gasteiger partial charge >= 0.3 is 0 Å². The minimum absolute atomic E-state index is 0.298. The van der Waals surface area contributed by atoms with Crippen molar-refractivity contribution < 1.29 is 0 Å². The Labute approximate surface area is 251 Å². The molecule has 0 aromatic carbocycles. The molecule has 0 aromatic rings. The Bertz CT molecular complexity index is 662. The van der Waals surface area contributed by atoms with Gasteiger partial charge in [-0.25, -0.2) is 0 Å². The lowest BCUT2D eigenvalue weighted by molar-refractivity contribution is 0.119. The maximum absolute atomic E-state index is 2.43. The maximum Gasteiger partial charge on any atom is -0.0170 e. The lowest BCUT2D eigenvalue weighted by Crippen LogP contribution is -2.29. The van der Waals surface area contributed by atoms with E-state index in [2.05, 4.69) is 178 Å². The van der Waals surface area contributed by atoms with Crippen LogP contribution in [-0.4, -0.2) is 0 Å². The van der Waals surface area contributed by atoms with Crippen LogP contribution >= 0.6 is 0 Å². The summed E-state index contributed by atoms with van der Waals surface area (Å²) in [5.41, 5.74) is 5.26. The van der Waals surface area contributed by atoms with E-state index in [1.165, 1.54) is 6.42 Å². The van der Waals surface area contributed by atoms with Gasteiger partial charge in [-0.3, -0.25) is 0 Å². The van der Waals surface area contributed by atoms with Crippen LogP contribution in [0.15, 0.2) is 23.3 Å². The Morgan fingerprint density at radius 2 is 0.718 bits per heavy atom. The Hall–Kier alpha value is -0.520. The molecule has 236 valence electrons. The summed E-state index contributed by atoms with van der Waals surface area (Å²) in [5.74, 6) is 2.92. The molecule has 0 fully saturated rings. The maximum atomic E-state index is 2.43. The predicted molar refractivity (Wildman–Crippen MR) is 186 cm³/mol. The minimum atomic E-state index is 0.298. The van der Waals surface area contributed by atoms with Crippen molar-refractivity contribution in [2.75, 3.05) is 0 Å². The van der Waals surface area contributed by atoms with Gasteiger partial charge in [-0.1, -0.05) is 189 Å². The van der Waals surface area contributed by atoms with Crippen LogP contribution in [0.2, 0.25) is 0 Å². The number of hydrogen-bond acceptors (Lipinski definition) is 0. The largest absolute Gasteiger partial charge is 0.0791 e. The molecule has 0 aromatic heterocycles. The molecule has 0 aliphatic rings. The molecule has 0 heterocycles. The van der Waals surface area contributed by atoms with E-state index in [0.717, 1.165) is 11.8 Å². The van der Waals surface area contributed by atoms with Crippen molar-refractivity contribution in [1.29, 1.82) is 0 Å². The van der Waals surface area contributed by atoms with Crippen LogP contribution in [-0.2, 0) is 0 Å². The first-order valence-corrected chi connectivity index (χ1v) is 16.1. The molecule has 0 N–H and O–H groups in total. The zero-order valence-corrected chi connectivity index (χ0v) is 32.2. The molecule has 1 unspecified atom stereocenters. The summed E-state index contributed by atoms with van der Waals surface area (Å²) in [4.78, 5) is 0. The fraction of sp³-hybridized carbons (Fsp3) is 0.897. The van der Waals surface area contributed by atoms with E-state index < -0.39 is 0 Å². The molecular formula is C39H80. The van der Waals surface area contributed by atoms with Crippen LogP contribution in [0.3, 0.4) is 0 Å². The molecule has 0 heteroatoms. The van der Waals surface area contributed by atoms with Crippen LogP contribution in [0.4, 0.5) is 0 Å². The highest BCUT2D eigenvalue weighted by Crippen LogP contribution is 2.40. The molecule has 0 saturated heterocycles. The van der Waals surface area contributed by atoms with Crippen LogP contribution in [0.1, 0.15) is 173 Å². The van der Waals surface area contributed by atoms with Crippen molar-refractivity contribution in [2.45, 2.75) is 173 Å².